The van der Waals surface area contributed by atoms with E-state index >= 15 is 0 Å². The Bertz CT molecular complexity index is 539. The van der Waals surface area contributed by atoms with Crippen molar-refractivity contribution in [3.63, 3.8) is 0 Å². The Morgan fingerprint density at radius 2 is 2.05 bits per heavy atom. The predicted octanol–water partition coefficient (Wildman–Crippen LogP) is 3.50. The number of rotatable bonds is 6. The van der Waals surface area contributed by atoms with Crippen molar-refractivity contribution in [3.8, 4) is 6.07 Å². The molecule has 0 saturated heterocycles. The van der Waals surface area contributed by atoms with E-state index in [-0.39, 0.29) is 5.97 Å². The average molecular weight is 302 g/mol. The van der Waals surface area contributed by atoms with Gasteiger partial charge in [-0.15, -0.1) is 0 Å². The molecule has 0 heterocycles. The number of ether oxygens (including phenoxy) is 1. The summed E-state index contributed by atoms with van der Waals surface area (Å²) in [4.78, 5) is 14.1. The first kappa shape index (κ1) is 18.2. The monoisotopic (exact) mass is 302 g/mol. The molecule has 0 bridgehead atoms. The standard InChI is InChI=1S/C18H26N2O2/c1-14(2)20(10-9-17(21)22-18(3,4)5)13-16-8-6-7-15(11-16)12-19/h6-8,11,14H,9-10,13H2,1-5H3. The van der Waals surface area contributed by atoms with E-state index in [2.05, 4.69) is 24.8 Å². The molecule has 1 rings (SSSR count). The maximum absolute atomic E-state index is 11.8. The number of hydrogen-bond donors (Lipinski definition) is 0. The third-order valence-electron chi connectivity index (χ3n) is 3.20. The molecule has 0 aliphatic carbocycles. The third-order valence-corrected chi connectivity index (χ3v) is 3.20. The fraction of sp³-hybridized carbons (Fsp3) is 0.556. The molecule has 120 valence electrons. The lowest BCUT2D eigenvalue weighted by atomic mass is 10.1. The normalized spacial score (nSPS) is 11.5. The van der Waals surface area contributed by atoms with E-state index in [9.17, 15) is 4.79 Å². The van der Waals surface area contributed by atoms with Gasteiger partial charge in [-0.05, 0) is 52.3 Å². The van der Waals surface area contributed by atoms with Gasteiger partial charge in [0.1, 0.15) is 5.60 Å². The lowest BCUT2D eigenvalue weighted by molar-refractivity contribution is -0.155. The van der Waals surface area contributed by atoms with Crippen LogP contribution in [-0.4, -0.2) is 29.1 Å². The van der Waals surface area contributed by atoms with Crippen LogP contribution in [0.25, 0.3) is 0 Å². The van der Waals surface area contributed by atoms with Gasteiger partial charge in [0.15, 0.2) is 0 Å². The minimum atomic E-state index is -0.444. The van der Waals surface area contributed by atoms with Gasteiger partial charge in [-0.25, -0.2) is 0 Å². The van der Waals surface area contributed by atoms with Gasteiger partial charge in [0.2, 0.25) is 0 Å². The Morgan fingerprint density at radius 1 is 1.36 bits per heavy atom. The van der Waals surface area contributed by atoms with Crippen LogP contribution >= 0.6 is 0 Å². The second-order valence-corrected chi connectivity index (χ2v) is 6.71. The summed E-state index contributed by atoms with van der Waals surface area (Å²) in [6.45, 7) is 11.2. The van der Waals surface area contributed by atoms with Crippen molar-refractivity contribution in [3.05, 3.63) is 35.4 Å². The zero-order valence-corrected chi connectivity index (χ0v) is 14.2. The smallest absolute Gasteiger partial charge is 0.307 e. The fourth-order valence-corrected chi connectivity index (χ4v) is 2.12. The maximum Gasteiger partial charge on any atom is 0.307 e. The molecule has 0 aliphatic rings. The van der Waals surface area contributed by atoms with Gasteiger partial charge in [0.05, 0.1) is 18.1 Å². The summed E-state index contributed by atoms with van der Waals surface area (Å²) in [5.74, 6) is -0.177. The maximum atomic E-state index is 11.8. The van der Waals surface area contributed by atoms with E-state index in [0.29, 0.717) is 24.6 Å². The highest BCUT2D eigenvalue weighted by molar-refractivity contribution is 5.70. The van der Waals surface area contributed by atoms with Gasteiger partial charge < -0.3 is 4.74 Å². The molecular weight excluding hydrogens is 276 g/mol. The summed E-state index contributed by atoms with van der Waals surface area (Å²) < 4.78 is 5.35. The van der Waals surface area contributed by atoms with Crippen molar-refractivity contribution in [1.82, 2.24) is 4.90 Å². The molecule has 0 unspecified atom stereocenters. The van der Waals surface area contributed by atoms with E-state index in [1.54, 1.807) is 6.07 Å². The minimum absolute atomic E-state index is 0.177. The van der Waals surface area contributed by atoms with Gasteiger partial charge in [-0.3, -0.25) is 9.69 Å². The Labute approximate surface area is 133 Å². The van der Waals surface area contributed by atoms with Gasteiger partial charge in [-0.1, -0.05) is 12.1 Å². The molecule has 0 fully saturated rings. The Hall–Kier alpha value is -1.86. The number of nitriles is 1. The van der Waals surface area contributed by atoms with Crippen LogP contribution in [0.5, 0.6) is 0 Å². The summed E-state index contributed by atoms with van der Waals surface area (Å²) in [7, 11) is 0. The predicted molar refractivity (Wildman–Crippen MR) is 87.2 cm³/mol. The van der Waals surface area contributed by atoms with Crippen molar-refractivity contribution in [2.75, 3.05) is 6.54 Å². The lowest BCUT2D eigenvalue weighted by Crippen LogP contribution is -2.34. The molecule has 22 heavy (non-hydrogen) atoms. The second-order valence-electron chi connectivity index (χ2n) is 6.71. The molecule has 1 aromatic rings. The van der Waals surface area contributed by atoms with Gasteiger partial charge in [0, 0.05) is 19.1 Å². The Morgan fingerprint density at radius 3 is 2.59 bits per heavy atom. The Balaban J connectivity index is 2.63. The topological polar surface area (TPSA) is 53.3 Å². The first-order chi connectivity index (χ1) is 10.2. The van der Waals surface area contributed by atoms with E-state index < -0.39 is 5.60 Å². The summed E-state index contributed by atoms with van der Waals surface area (Å²) in [5.41, 5.74) is 1.30. The third kappa shape index (κ3) is 6.73. The van der Waals surface area contributed by atoms with Crippen molar-refractivity contribution in [2.24, 2.45) is 0 Å². The minimum Gasteiger partial charge on any atom is -0.460 e. The number of benzene rings is 1. The molecule has 1 aromatic carbocycles. The highest BCUT2D eigenvalue weighted by Crippen LogP contribution is 2.13. The number of carbonyl (C=O) groups excluding carboxylic acids is 1. The molecular formula is C18H26N2O2. The molecule has 0 amide bonds. The van der Waals surface area contributed by atoms with Crippen molar-refractivity contribution >= 4 is 5.97 Å². The average Bonchev–Trinajstić information content (AvgIpc) is 2.41. The van der Waals surface area contributed by atoms with E-state index in [1.807, 2.05) is 39.0 Å². The van der Waals surface area contributed by atoms with Crippen LogP contribution in [0.4, 0.5) is 0 Å². The van der Waals surface area contributed by atoms with E-state index in [4.69, 9.17) is 10.00 Å². The molecule has 0 aromatic heterocycles. The van der Waals surface area contributed by atoms with Crippen LogP contribution in [-0.2, 0) is 16.1 Å². The van der Waals surface area contributed by atoms with Gasteiger partial charge in [0.25, 0.3) is 0 Å². The van der Waals surface area contributed by atoms with Crippen LogP contribution in [0.1, 0.15) is 52.2 Å². The molecule has 0 atom stereocenters. The molecule has 0 radical (unpaired) electrons. The summed E-state index contributed by atoms with van der Waals surface area (Å²) in [6, 6.07) is 10.0. The number of carbonyl (C=O) groups is 1. The number of nitrogens with zero attached hydrogens (tertiary/aromatic N) is 2. The van der Waals surface area contributed by atoms with Gasteiger partial charge in [-0.2, -0.15) is 5.26 Å². The first-order valence-corrected chi connectivity index (χ1v) is 7.66. The molecule has 0 aliphatic heterocycles. The van der Waals surface area contributed by atoms with Gasteiger partial charge >= 0.3 is 5.97 Å². The van der Waals surface area contributed by atoms with Crippen LogP contribution in [0.2, 0.25) is 0 Å². The highest BCUT2D eigenvalue weighted by atomic mass is 16.6. The number of esters is 1. The van der Waals surface area contributed by atoms with Crippen molar-refractivity contribution in [1.29, 1.82) is 5.26 Å². The molecule has 4 heteroatoms. The summed E-state index contributed by atoms with van der Waals surface area (Å²) >= 11 is 0. The van der Waals surface area contributed by atoms with E-state index in [1.165, 1.54) is 0 Å². The highest BCUT2D eigenvalue weighted by Gasteiger charge is 2.18. The second kappa shape index (κ2) is 7.95. The zero-order valence-electron chi connectivity index (χ0n) is 14.2. The number of hydrogen-bond acceptors (Lipinski definition) is 4. The molecule has 0 spiro atoms. The molecule has 4 nitrogen and oxygen atoms in total. The van der Waals surface area contributed by atoms with Crippen LogP contribution in [0, 0.1) is 11.3 Å². The van der Waals surface area contributed by atoms with Crippen LogP contribution in [0.3, 0.4) is 0 Å². The van der Waals surface area contributed by atoms with E-state index in [0.717, 1.165) is 12.1 Å². The quantitative estimate of drug-likeness (QED) is 0.755. The zero-order chi connectivity index (χ0) is 16.8. The van der Waals surface area contributed by atoms with Crippen LogP contribution in [0.15, 0.2) is 24.3 Å². The summed E-state index contributed by atoms with van der Waals surface area (Å²) in [5, 5.41) is 8.96. The molecule has 0 saturated carbocycles. The largest absolute Gasteiger partial charge is 0.460 e. The lowest BCUT2D eigenvalue weighted by Gasteiger charge is -2.27. The first-order valence-electron chi connectivity index (χ1n) is 7.66. The SMILES string of the molecule is CC(C)N(CCC(=O)OC(C)(C)C)Cc1cccc(C#N)c1. The van der Waals surface area contributed by atoms with Crippen molar-refractivity contribution in [2.45, 2.75) is 59.2 Å². The van der Waals surface area contributed by atoms with Crippen LogP contribution < -0.4 is 0 Å². The van der Waals surface area contributed by atoms with Crippen molar-refractivity contribution < 1.29 is 9.53 Å². The summed E-state index contributed by atoms with van der Waals surface area (Å²) in [6.07, 6.45) is 0.368. The fourth-order valence-electron chi connectivity index (χ4n) is 2.12. The molecule has 0 N–H and O–H groups in total. The Kier molecular flexibility index (Phi) is 6.58.